The Bertz CT molecular complexity index is 611. The number of hydrogen-bond acceptors (Lipinski definition) is 4. The molecule has 0 radical (unpaired) electrons. The van der Waals surface area contributed by atoms with Crippen LogP contribution in [0.15, 0.2) is 30.3 Å². The molecular formula is C19H26N2OS. The predicted octanol–water partition coefficient (Wildman–Crippen LogP) is 3.87. The zero-order valence-corrected chi connectivity index (χ0v) is 14.6. The number of aryl methyl sites for hydroxylation is 1. The first-order valence-corrected chi connectivity index (χ1v) is 9.44. The molecule has 2 N–H and O–H groups in total. The van der Waals surface area contributed by atoms with Crippen molar-refractivity contribution in [2.75, 3.05) is 6.61 Å². The molecule has 0 fully saturated rings. The lowest BCUT2D eigenvalue weighted by atomic mass is 9.93. The van der Waals surface area contributed by atoms with Gasteiger partial charge in [-0.05, 0) is 43.6 Å². The summed E-state index contributed by atoms with van der Waals surface area (Å²) in [6.07, 6.45) is 5.37. The number of aromatic nitrogens is 1. The van der Waals surface area contributed by atoms with E-state index in [9.17, 15) is 0 Å². The summed E-state index contributed by atoms with van der Waals surface area (Å²) in [5.74, 6) is 0.797. The van der Waals surface area contributed by atoms with Crippen molar-refractivity contribution < 1.29 is 5.11 Å². The summed E-state index contributed by atoms with van der Waals surface area (Å²) in [7, 11) is 0. The average molecular weight is 330 g/mol. The molecule has 124 valence electrons. The van der Waals surface area contributed by atoms with E-state index in [2.05, 4.69) is 36.5 Å². The van der Waals surface area contributed by atoms with Gasteiger partial charge in [-0.1, -0.05) is 37.3 Å². The minimum Gasteiger partial charge on any atom is -0.396 e. The van der Waals surface area contributed by atoms with Gasteiger partial charge < -0.3 is 10.4 Å². The van der Waals surface area contributed by atoms with Crippen LogP contribution in [0.25, 0.3) is 0 Å². The largest absolute Gasteiger partial charge is 0.396 e. The number of aliphatic hydroxyl groups excluding tert-OH is 1. The molecule has 1 aliphatic carbocycles. The van der Waals surface area contributed by atoms with Crippen molar-refractivity contribution in [3.63, 3.8) is 0 Å². The molecule has 2 aromatic rings. The number of fused-ring (bicyclic) bond motifs is 1. The lowest BCUT2D eigenvalue weighted by molar-refractivity contribution is 0.275. The maximum absolute atomic E-state index is 9.14. The molecule has 1 heterocycles. The minimum atomic E-state index is 0.244. The Hall–Kier alpha value is -1.23. The molecule has 0 saturated carbocycles. The van der Waals surface area contributed by atoms with Gasteiger partial charge in [0, 0.05) is 24.1 Å². The lowest BCUT2D eigenvalue weighted by Gasteiger charge is -2.18. The lowest BCUT2D eigenvalue weighted by Crippen LogP contribution is -2.21. The Morgan fingerprint density at radius 3 is 2.96 bits per heavy atom. The minimum absolute atomic E-state index is 0.244. The van der Waals surface area contributed by atoms with E-state index in [1.54, 1.807) is 0 Å². The Morgan fingerprint density at radius 2 is 2.17 bits per heavy atom. The summed E-state index contributed by atoms with van der Waals surface area (Å²) in [5, 5.41) is 14.0. The van der Waals surface area contributed by atoms with Crippen LogP contribution in [0.2, 0.25) is 0 Å². The maximum atomic E-state index is 9.14. The smallest absolute Gasteiger partial charge is 0.107 e. The van der Waals surface area contributed by atoms with Crippen LogP contribution < -0.4 is 5.32 Å². The van der Waals surface area contributed by atoms with Gasteiger partial charge in [-0.25, -0.2) is 4.98 Å². The molecular weight excluding hydrogens is 304 g/mol. The molecule has 4 heteroatoms. The third kappa shape index (κ3) is 4.40. The van der Waals surface area contributed by atoms with E-state index in [-0.39, 0.29) is 12.6 Å². The Labute approximate surface area is 142 Å². The monoisotopic (exact) mass is 330 g/mol. The highest BCUT2D eigenvalue weighted by Crippen LogP contribution is 2.30. The molecule has 0 spiro atoms. The first-order valence-electron chi connectivity index (χ1n) is 8.63. The molecule has 2 atom stereocenters. The van der Waals surface area contributed by atoms with E-state index in [1.165, 1.54) is 34.0 Å². The van der Waals surface area contributed by atoms with Crippen LogP contribution in [0.5, 0.6) is 0 Å². The summed E-state index contributed by atoms with van der Waals surface area (Å²) in [6, 6.07) is 10.8. The number of benzene rings is 1. The molecule has 0 aliphatic heterocycles. The zero-order valence-electron chi connectivity index (χ0n) is 13.8. The van der Waals surface area contributed by atoms with E-state index < -0.39 is 0 Å². The van der Waals surface area contributed by atoms with Gasteiger partial charge in [0.2, 0.25) is 0 Å². The number of nitrogens with one attached hydrogen (secondary N) is 1. The van der Waals surface area contributed by atoms with Crippen molar-refractivity contribution in [1.29, 1.82) is 0 Å². The van der Waals surface area contributed by atoms with Crippen LogP contribution in [-0.2, 0) is 19.4 Å². The molecule has 1 aromatic carbocycles. The summed E-state index contributed by atoms with van der Waals surface area (Å²) >= 11 is 1.88. The first-order chi connectivity index (χ1) is 11.3. The highest BCUT2D eigenvalue weighted by molar-refractivity contribution is 7.11. The van der Waals surface area contributed by atoms with Crippen molar-refractivity contribution >= 4 is 11.3 Å². The number of aliphatic hydroxyl groups is 1. The van der Waals surface area contributed by atoms with Crippen molar-refractivity contribution in [3.8, 4) is 0 Å². The van der Waals surface area contributed by atoms with Gasteiger partial charge in [0.05, 0.1) is 5.69 Å². The zero-order chi connectivity index (χ0) is 16.1. The van der Waals surface area contributed by atoms with Crippen molar-refractivity contribution in [2.24, 2.45) is 5.92 Å². The number of nitrogens with zero attached hydrogens (tertiary/aromatic N) is 1. The fourth-order valence-electron chi connectivity index (χ4n) is 3.25. The van der Waals surface area contributed by atoms with Gasteiger partial charge in [-0.3, -0.25) is 0 Å². The third-order valence-corrected chi connectivity index (χ3v) is 5.70. The molecule has 23 heavy (non-hydrogen) atoms. The fourth-order valence-corrected chi connectivity index (χ4v) is 4.48. The topological polar surface area (TPSA) is 45.2 Å². The summed E-state index contributed by atoms with van der Waals surface area (Å²) in [5.41, 5.74) is 2.62. The number of rotatable bonds is 7. The van der Waals surface area contributed by atoms with E-state index in [1.807, 2.05) is 17.4 Å². The molecule has 0 bridgehead atoms. The van der Waals surface area contributed by atoms with Gasteiger partial charge >= 0.3 is 0 Å². The molecule has 0 saturated heterocycles. The highest BCUT2D eigenvalue weighted by Gasteiger charge is 2.20. The third-order valence-electron chi connectivity index (χ3n) is 4.58. The van der Waals surface area contributed by atoms with Crippen LogP contribution in [0.1, 0.15) is 53.4 Å². The first kappa shape index (κ1) is 16.6. The van der Waals surface area contributed by atoms with Gasteiger partial charge in [-0.2, -0.15) is 0 Å². The van der Waals surface area contributed by atoms with Gasteiger partial charge in [0.1, 0.15) is 5.01 Å². The number of hydrogen-bond donors (Lipinski definition) is 2. The molecule has 1 aliphatic rings. The van der Waals surface area contributed by atoms with Gasteiger partial charge in [0.25, 0.3) is 0 Å². The summed E-state index contributed by atoms with van der Waals surface area (Å²) < 4.78 is 0. The van der Waals surface area contributed by atoms with E-state index >= 15 is 0 Å². The second-order valence-corrected chi connectivity index (χ2v) is 7.70. The summed E-state index contributed by atoms with van der Waals surface area (Å²) in [6.45, 7) is 3.40. The quantitative estimate of drug-likeness (QED) is 0.810. The van der Waals surface area contributed by atoms with Crippen LogP contribution in [0.3, 0.4) is 0 Å². The average Bonchev–Trinajstić information content (AvgIpc) is 2.97. The highest BCUT2D eigenvalue weighted by atomic mass is 32.1. The Balaban J connectivity index is 1.64. The van der Waals surface area contributed by atoms with E-state index in [0.29, 0.717) is 0 Å². The van der Waals surface area contributed by atoms with Gasteiger partial charge in [-0.15, -0.1) is 11.3 Å². The number of thiazole rings is 1. The maximum Gasteiger partial charge on any atom is 0.107 e. The molecule has 0 amide bonds. The van der Waals surface area contributed by atoms with Crippen molar-refractivity contribution in [3.05, 3.63) is 51.5 Å². The molecule has 1 aromatic heterocycles. The van der Waals surface area contributed by atoms with Crippen molar-refractivity contribution in [2.45, 2.75) is 51.6 Å². The van der Waals surface area contributed by atoms with E-state index in [4.69, 9.17) is 10.1 Å². The molecule has 3 rings (SSSR count). The van der Waals surface area contributed by atoms with Crippen LogP contribution in [0, 0.1) is 5.92 Å². The van der Waals surface area contributed by atoms with Crippen LogP contribution in [-0.4, -0.2) is 16.7 Å². The Kier molecular flexibility index (Phi) is 5.81. The van der Waals surface area contributed by atoms with Crippen LogP contribution in [0.4, 0.5) is 0 Å². The second kappa shape index (κ2) is 8.04. The predicted molar refractivity (Wildman–Crippen MR) is 95.6 cm³/mol. The molecule has 2 unspecified atom stereocenters. The van der Waals surface area contributed by atoms with Crippen LogP contribution >= 0.6 is 11.3 Å². The molecule has 3 nitrogen and oxygen atoms in total. The second-order valence-electron chi connectivity index (χ2n) is 6.54. The Morgan fingerprint density at radius 1 is 1.35 bits per heavy atom. The summed E-state index contributed by atoms with van der Waals surface area (Å²) in [4.78, 5) is 6.33. The SMILES string of the molecule is CC1CCc2nc(CNC(CCCO)c3ccccc3)sc2C1. The van der Waals surface area contributed by atoms with Crippen molar-refractivity contribution in [1.82, 2.24) is 10.3 Å². The van der Waals surface area contributed by atoms with Gasteiger partial charge in [0.15, 0.2) is 0 Å². The normalized spacial score (nSPS) is 18.6. The standard InChI is InChI=1S/C19H26N2OS/c1-14-9-10-17-18(12-14)23-19(21-17)13-20-16(8-5-11-22)15-6-3-2-4-7-15/h2-4,6-7,14,16,20,22H,5,8-13H2,1H3. The fraction of sp³-hybridized carbons (Fsp3) is 0.526. The van der Waals surface area contributed by atoms with E-state index in [0.717, 1.165) is 31.7 Å².